The summed E-state index contributed by atoms with van der Waals surface area (Å²) in [7, 11) is 0. The second-order valence-corrected chi connectivity index (χ2v) is 4.50. The standard InChI is InChI=1S/C11H7N3O5S/c15-10(9-4-12-5-20-9)13-7-2-1-6(11(16)17)3-8(7)14(18)19/h1-5H,(H,13,15)(H,16,17). The summed E-state index contributed by atoms with van der Waals surface area (Å²) >= 11 is 1.09. The van der Waals surface area contributed by atoms with Crippen LogP contribution in [0.1, 0.15) is 20.0 Å². The number of nitrogens with one attached hydrogen (secondary N) is 1. The number of nitro benzene ring substituents is 1. The van der Waals surface area contributed by atoms with Gasteiger partial charge in [-0.25, -0.2) is 4.79 Å². The van der Waals surface area contributed by atoms with Crippen molar-refractivity contribution >= 4 is 34.6 Å². The van der Waals surface area contributed by atoms with Crippen molar-refractivity contribution in [3.8, 4) is 0 Å². The van der Waals surface area contributed by atoms with Gasteiger partial charge in [0.2, 0.25) is 0 Å². The third-order valence-electron chi connectivity index (χ3n) is 2.35. The molecule has 0 unspecified atom stereocenters. The van der Waals surface area contributed by atoms with Gasteiger partial charge in [0.15, 0.2) is 0 Å². The summed E-state index contributed by atoms with van der Waals surface area (Å²) in [6.07, 6.45) is 1.33. The lowest BCUT2D eigenvalue weighted by atomic mass is 10.1. The molecule has 1 aromatic heterocycles. The molecule has 0 aliphatic heterocycles. The normalized spacial score (nSPS) is 10.0. The van der Waals surface area contributed by atoms with E-state index < -0.39 is 22.5 Å². The van der Waals surface area contributed by atoms with Gasteiger partial charge in [-0.15, -0.1) is 11.3 Å². The third-order valence-corrected chi connectivity index (χ3v) is 3.12. The van der Waals surface area contributed by atoms with Gasteiger partial charge in [0.05, 0.1) is 22.2 Å². The number of aromatic carboxylic acids is 1. The van der Waals surface area contributed by atoms with Gasteiger partial charge < -0.3 is 10.4 Å². The maximum Gasteiger partial charge on any atom is 0.335 e. The lowest BCUT2D eigenvalue weighted by Crippen LogP contribution is -2.12. The zero-order valence-corrected chi connectivity index (χ0v) is 10.6. The Bertz CT molecular complexity index is 683. The Hall–Kier alpha value is -2.81. The van der Waals surface area contributed by atoms with Crippen molar-refractivity contribution in [3.05, 3.63) is 50.5 Å². The molecule has 9 heteroatoms. The average Bonchev–Trinajstić information content (AvgIpc) is 2.92. The fourth-order valence-corrected chi connectivity index (χ4v) is 1.95. The number of benzene rings is 1. The topological polar surface area (TPSA) is 122 Å². The highest BCUT2D eigenvalue weighted by atomic mass is 32.1. The molecule has 20 heavy (non-hydrogen) atoms. The van der Waals surface area contributed by atoms with E-state index in [1.807, 2.05) is 0 Å². The number of nitro groups is 1. The summed E-state index contributed by atoms with van der Waals surface area (Å²) in [5.41, 5.74) is 0.672. The van der Waals surface area contributed by atoms with Crippen LogP contribution in [0.3, 0.4) is 0 Å². The summed E-state index contributed by atoms with van der Waals surface area (Å²) in [5, 5.41) is 22.1. The first kappa shape index (κ1) is 13.6. The molecule has 0 atom stereocenters. The van der Waals surface area contributed by atoms with Gasteiger partial charge in [0.25, 0.3) is 11.6 Å². The van der Waals surface area contributed by atoms with Gasteiger partial charge >= 0.3 is 5.97 Å². The zero-order valence-electron chi connectivity index (χ0n) is 9.77. The van der Waals surface area contributed by atoms with Crippen LogP contribution in [0.25, 0.3) is 0 Å². The molecule has 1 aromatic carbocycles. The number of carbonyl (C=O) groups is 2. The van der Waals surface area contributed by atoms with Crippen molar-refractivity contribution in [1.29, 1.82) is 0 Å². The van der Waals surface area contributed by atoms with Gasteiger partial charge in [-0.1, -0.05) is 0 Å². The highest BCUT2D eigenvalue weighted by Crippen LogP contribution is 2.26. The van der Waals surface area contributed by atoms with E-state index in [1.54, 1.807) is 0 Å². The molecule has 0 saturated heterocycles. The number of nitrogens with zero attached hydrogens (tertiary/aromatic N) is 2. The van der Waals surface area contributed by atoms with E-state index in [0.29, 0.717) is 4.88 Å². The SMILES string of the molecule is O=C(O)c1ccc(NC(=O)c2cncs2)c([N+](=O)[O-])c1. The van der Waals surface area contributed by atoms with Gasteiger partial charge in [-0.05, 0) is 12.1 Å². The first-order chi connectivity index (χ1) is 9.49. The largest absolute Gasteiger partial charge is 0.478 e. The molecule has 0 radical (unpaired) electrons. The van der Waals surface area contributed by atoms with Crippen molar-refractivity contribution < 1.29 is 19.6 Å². The van der Waals surface area contributed by atoms with Crippen LogP contribution < -0.4 is 5.32 Å². The molecule has 2 aromatic rings. The van der Waals surface area contributed by atoms with Crippen molar-refractivity contribution in [2.24, 2.45) is 0 Å². The Morgan fingerprint density at radius 1 is 1.40 bits per heavy atom. The molecule has 0 spiro atoms. The van der Waals surface area contributed by atoms with Crippen molar-refractivity contribution in [2.45, 2.75) is 0 Å². The predicted molar refractivity (Wildman–Crippen MR) is 70.1 cm³/mol. The fourth-order valence-electron chi connectivity index (χ4n) is 1.43. The molecule has 0 aliphatic rings. The summed E-state index contributed by atoms with van der Waals surface area (Å²) in [6, 6.07) is 3.25. The number of thiazole rings is 1. The van der Waals surface area contributed by atoms with Crippen molar-refractivity contribution in [2.75, 3.05) is 5.32 Å². The molecule has 0 saturated carbocycles. The van der Waals surface area contributed by atoms with E-state index in [4.69, 9.17) is 5.11 Å². The second-order valence-electron chi connectivity index (χ2n) is 3.61. The van der Waals surface area contributed by atoms with Crippen LogP contribution in [0.15, 0.2) is 29.9 Å². The monoisotopic (exact) mass is 293 g/mol. The van der Waals surface area contributed by atoms with Gasteiger partial charge in [-0.2, -0.15) is 0 Å². The Balaban J connectivity index is 2.34. The van der Waals surface area contributed by atoms with Crippen LogP contribution in [-0.2, 0) is 0 Å². The summed E-state index contributed by atoms with van der Waals surface area (Å²) < 4.78 is 0. The Morgan fingerprint density at radius 3 is 2.70 bits per heavy atom. The molecule has 1 amide bonds. The van der Waals surface area contributed by atoms with E-state index in [-0.39, 0.29) is 11.3 Å². The molecule has 1 heterocycles. The van der Waals surface area contributed by atoms with Crippen LogP contribution >= 0.6 is 11.3 Å². The number of carboxylic acids is 1. The lowest BCUT2D eigenvalue weighted by Gasteiger charge is -2.05. The van der Waals surface area contributed by atoms with Crippen LogP contribution in [-0.4, -0.2) is 26.9 Å². The van der Waals surface area contributed by atoms with Crippen LogP contribution in [0, 0.1) is 10.1 Å². The number of carboxylic acid groups (broad SMARTS) is 1. The number of amides is 1. The van der Waals surface area contributed by atoms with E-state index in [9.17, 15) is 19.7 Å². The van der Waals surface area contributed by atoms with E-state index in [1.165, 1.54) is 23.8 Å². The number of hydrogen-bond donors (Lipinski definition) is 2. The van der Waals surface area contributed by atoms with Crippen molar-refractivity contribution in [1.82, 2.24) is 4.98 Å². The molecule has 102 valence electrons. The second kappa shape index (κ2) is 5.45. The molecule has 8 nitrogen and oxygen atoms in total. The molecule has 2 N–H and O–H groups in total. The van der Waals surface area contributed by atoms with E-state index in [2.05, 4.69) is 10.3 Å². The summed E-state index contributed by atoms with van der Waals surface area (Å²) in [4.78, 5) is 36.7. The molecule has 0 aliphatic carbocycles. The fraction of sp³-hybridized carbons (Fsp3) is 0. The van der Waals surface area contributed by atoms with E-state index >= 15 is 0 Å². The quantitative estimate of drug-likeness (QED) is 0.656. The Labute approximate surface area is 115 Å². The van der Waals surface area contributed by atoms with Crippen LogP contribution in [0.5, 0.6) is 0 Å². The molecule has 2 rings (SSSR count). The molecular formula is C11H7N3O5S. The molecular weight excluding hydrogens is 286 g/mol. The average molecular weight is 293 g/mol. The summed E-state index contributed by atoms with van der Waals surface area (Å²) in [5.74, 6) is -1.83. The van der Waals surface area contributed by atoms with Crippen LogP contribution in [0.4, 0.5) is 11.4 Å². The first-order valence-corrected chi connectivity index (χ1v) is 6.08. The molecule has 0 bridgehead atoms. The van der Waals surface area contributed by atoms with Crippen molar-refractivity contribution in [3.63, 3.8) is 0 Å². The minimum absolute atomic E-state index is 0.0709. The number of rotatable bonds is 4. The maximum absolute atomic E-state index is 11.8. The lowest BCUT2D eigenvalue weighted by molar-refractivity contribution is -0.383. The first-order valence-electron chi connectivity index (χ1n) is 5.20. The zero-order chi connectivity index (χ0) is 14.7. The van der Waals surface area contributed by atoms with E-state index in [0.717, 1.165) is 17.4 Å². The van der Waals surface area contributed by atoms with Crippen LogP contribution in [0.2, 0.25) is 0 Å². The highest BCUT2D eigenvalue weighted by Gasteiger charge is 2.19. The predicted octanol–water partition coefficient (Wildman–Crippen LogP) is 2.00. The summed E-state index contributed by atoms with van der Waals surface area (Å²) in [6.45, 7) is 0. The number of hydrogen-bond acceptors (Lipinski definition) is 6. The maximum atomic E-state index is 11.8. The smallest absolute Gasteiger partial charge is 0.335 e. The Kier molecular flexibility index (Phi) is 3.71. The highest BCUT2D eigenvalue weighted by molar-refractivity contribution is 7.11. The number of anilines is 1. The number of carbonyl (C=O) groups excluding carboxylic acids is 1. The van der Waals surface area contributed by atoms with Gasteiger partial charge in [0, 0.05) is 6.07 Å². The van der Waals surface area contributed by atoms with Gasteiger partial charge in [-0.3, -0.25) is 19.9 Å². The minimum atomic E-state index is -1.28. The number of aromatic nitrogens is 1. The minimum Gasteiger partial charge on any atom is -0.478 e. The third kappa shape index (κ3) is 2.78. The molecule has 0 fully saturated rings. The Morgan fingerprint density at radius 2 is 2.15 bits per heavy atom. The van der Waals surface area contributed by atoms with Gasteiger partial charge in [0.1, 0.15) is 10.6 Å².